The monoisotopic (exact) mass is 370 g/mol. The molecule has 0 aliphatic rings. The zero-order valence-electron chi connectivity index (χ0n) is 13.2. The van der Waals surface area contributed by atoms with E-state index in [1.165, 1.54) is 7.11 Å². The van der Waals surface area contributed by atoms with E-state index in [1.54, 1.807) is 24.3 Å². The van der Waals surface area contributed by atoms with Gasteiger partial charge in [0.2, 0.25) is 0 Å². The molecule has 0 amide bonds. The molecular formula is C16H13F3N2O3S. The van der Waals surface area contributed by atoms with Gasteiger partial charge in [0, 0.05) is 4.88 Å². The zero-order chi connectivity index (χ0) is 18.4. The van der Waals surface area contributed by atoms with Crippen molar-refractivity contribution in [2.75, 3.05) is 7.11 Å². The minimum absolute atomic E-state index is 0.00685. The summed E-state index contributed by atoms with van der Waals surface area (Å²) in [4.78, 5) is 15.9. The second kappa shape index (κ2) is 6.07. The van der Waals surface area contributed by atoms with Crippen LogP contribution in [0.5, 0.6) is 5.75 Å². The van der Waals surface area contributed by atoms with Crippen LogP contribution in [0, 0.1) is 0 Å². The predicted octanol–water partition coefficient (Wildman–Crippen LogP) is 4.35. The Balaban J connectivity index is 2.36. The number of aromatic carboxylic acids is 1. The summed E-state index contributed by atoms with van der Waals surface area (Å²) in [7, 11) is 1.50. The Kier molecular flexibility index (Phi) is 4.19. The number of hydrogen-bond donors (Lipinski definition) is 1. The van der Waals surface area contributed by atoms with Crippen LogP contribution in [-0.4, -0.2) is 27.6 Å². The van der Waals surface area contributed by atoms with E-state index in [2.05, 4.69) is 4.98 Å². The van der Waals surface area contributed by atoms with E-state index in [0.717, 1.165) is 20.6 Å². The van der Waals surface area contributed by atoms with E-state index >= 15 is 0 Å². The average Bonchev–Trinajstić information content (AvgIpc) is 3.09. The molecule has 0 radical (unpaired) electrons. The fourth-order valence-corrected chi connectivity index (χ4v) is 3.71. The van der Waals surface area contributed by atoms with Crippen molar-refractivity contribution in [3.8, 4) is 17.0 Å². The van der Waals surface area contributed by atoms with Gasteiger partial charge >= 0.3 is 12.1 Å². The number of methoxy groups -OCH3 is 1. The number of rotatable bonds is 4. The number of alkyl halides is 3. The Morgan fingerprint density at radius 2 is 1.96 bits per heavy atom. The number of aryl methyl sites for hydroxylation is 1. The fourth-order valence-electron chi connectivity index (χ4n) is 2.63. The molecule has 0 bridgehead atoms. The molecule has 0 fully saturated rings. The standard InChI is InChI=1S/C16H13F3N2O3S/c1-3-10-11(8-4-6-9(24-2)7-5-8)21-12(14(22)23)13(16(17,18)19)20-15(21)25-10/h4-7H,3H2,1-2H3,(H,22,23). The van der Waals surface area contributed by atoms with Crippen molar-refractivity contribution in [2.24, 2.45) is 0 Å². The maximum atomic E-state index is 13.2. The van der Waals surface area contributed by atoms with Crippen molar-refractivity contribution in [2.45, 2.75) is 19.5 Å². The molecule has 0 atom stereocenters. The third-order valence-electron chi connectivity index (χ3n) is 3.70. The molecule has 2 aromatic heterocycles. The Morgan fingerprint density at radius 3 is 2.44 bits per heavy atom. The van der Waals surface area contributed by atoms with Gasteiger partial charge in [-0.3, -0.25) is 4.40 Å². The topological polar surface area (TPSA) is 63.8 Å². The highest BCUT2D eigenvalue weighted by Gasteiger charge is 2.41. The van der Waals surface area contributed by atoms with Crippen LogP contribution in [0.15, 0.2) is 24.3 Å². The second-order valence-corrected chi connectivity index (χ2v) is 6.25. The molecule has 25 heavy (non-hydrogen) atoms. The molecule has 0 spiro atoms. The zero-order valence-corrected chi connectivity index (χ0v) is 14.0. The lowest BCUT2D eigenvalue weighted by Crippen LogP contribution is -2.14. The number of carboxylic acids is 1. The number of halogens is 3. The van der Waals surface area contributed by atoms with Gasteiger partial charge in [-0.2, -0.15) is 13.2 Å². The van der Waals surface area contributed by atoms with Crippen LogP contribution >= 0.6 is 11.3 Å². The molecule has 3 aromatic rings. The van der Waals surface area contributed by atoms with Crippen LogP contribution in [0.25, 0.3) is 16.2 Å². The van der Waals surface area contributed by atoms with E-state index in [-0.39, 0.29) is 4.96 Å². The summed E-state index contributed by atoms with van der Waals surface area (Å²) in [5.41, 5.74) is -1.25. The van der Waals surface area contributed by atoms with E-state index in [9.17, 15) is 23.1 Å². The minimum atomic E-state index is -4.84. The van der Waals surface area contributed by atoms with E-state index in [0.29, 0.717) is 23.4 Å². The number of aromatic nitrogens is 2. The molecule has 1 aromatic carbocycles. The van der Waals surface area contributed by atoms with Gasteiger partial charge < -0.3 is 9.84 Å². The molecule has 0 unspecified atom stereocenters. The molecule has 5 nitrogen and oxygen atoms in total. The molecule has 132 valence electrons. The third kappa shape index (κ3) is 2.84. The van der Waals surface area contributed by atoms with Gasteiger partial charge in [-0.05, 0) is 36.2 Å². The van der Waals surface area contributed by atoms with Crippen LogP contribution in [-0.2, 0) is 12.6 Å². The summed E-state index contributed by atoms with van der Waals surface area (Å²) in [5, 5.41) is 9.38. The Hall–Kier alpha value is -2.55. The highest BCUT2D eigenvalue weighted by Crippen LogP contribution is 2.39. The van der Waals surface area contributed by atoms with Crippen molar-refractivity contribution < 1.29 is 27.8 Å². The van der Waals surface area contributed by atoms with Gasteiger partial charge in [0.05, 0.1) is 12.8 Å². The fraction of sp³-hybridized carbons (Fsp3) is 0.250. The first-order valence-corrected chi connectivity index (χ1v) is 8.08. The molecule has 0 aliphatic carbocycles. The second-order valence-electron chi connectivity index (χ2n) is 5.19. The highest BCUT2D eigenvalue weighted by atomic mass is 32.1. The van der Waals surface area contributed by atoms with E-state index < -0.39 is 23.5 Å². The van der Waals surface area contributed by atoms with Crippen LogP contribution in [0.1, 0.15) is 28.0 Å². The smallest absolute Gasteiger partial charge is 0.435 e. The molecule has 3 rings (SSSR count). The maximum absolute atomic E-state index is 13.2. The summed E-state index contributed by atoms with van der Waals surface area (Å²) >= 11 is 1.05. The van der Waals surface area contributed by atoms with Crippen LogP contribution < -0.4 is 4.74 Å². The Labute approximate surface area is 144 Å². The molecule has 0 aliphatic heterocycles. The lowest BCUT2D eigenvalue weighted by molar-refractivity contribution is -0.141. The summed E-state index contributed by atoms with van der Waals surface area (Å²) in [6, 6.07) is 6.69. The first-order valence-electron chi connectivity index (χ1n) is 7.27. The van der Waals surface area contributed by atoms with Gasteiger partial charge in [-0.25, -0.2) is 9.78 Å². The molecule has 9 heteroatoms. The maximum Gasteiger partial charge on any atom is 0.435 e. The predicted molar refractivity (Wildman–Crippen MR) is 86.4 cm³/mol. The molecule has 1 N–H and O–H groups in total. The SMILES string of the molecule is CCc1sc2nc(C(F)(F)F)c(C(=O)O)n2c1-c1ccc(OC)cc1. The van der Waals surface area contributed by atoms with E-state index in [4.69, 9.17) is 4.74 Å². The molecule has 0 saturated heterocycles. The Morgan fingerprint density at radius 1 is 1.32 bits per heavy atom. The largest absolute Gasteiger partial charge is 0.497 e. The summed E-state index contributed by atoms with van der Waals surface area (Å²) in [6.07, 6.45) is -4.31. The number of thiazole rings is 1. The first-order chi connectivity index (χ1) is 11.8. The van der Waals surface area contributed by atoms with Crippen LogP contribution in [0.4, 0.5) is 13.2 Å². The highest BCUT2D eigenvalue weighted by molar-refractivity contribution is 7.17. The summed E-state index contributed by atoms with van der Waals surface area (Å²) < 4.78 is 45.7. The number of ether oxygens (including phenoxy) is 1. The lowest BCUT2D eigenvalue weighted by Gasteiger charge is -2.08. The first kappa shape index (κ1) is 17.3. The number of hydrogen-bond acceptors (Lipinski definition) is 4. The third-order valence-corrected chi connectivity index (χ3v) is 4.89. The molecule has 0 saturated carbocycles. The molecular weight excluding hydrogens is 357 g/mol. The van der Waals surface area contributed by atoms with Gasteiger partial charge in [0.1, 0.15) is 5.75 Å². The van der Waals surface area contributed by atoms with Gasteiger partial charge in [0.25, 0.3) is 0 Å². The number of fused-ring (bicyclic) bond motifs is 1. The van der Waals surface area contributed by atoms with E-state index in [1.807, 2.05) is 6.92 Å². The van der Waals surface area contributed by atoms with Crippen molar-refractivity contribution in [1.29, 1.82) is 0 Å². The van der Waals surface area contributed by atoms with Gasteiger partial charge in [-0.15, -0.1) is 11.3 Å². The summed E-state index contributed by atoms with van der Waals surface area (Å²) in [6.45, 7) is 1.85. The van der Waals surface area contributed by atoms with Crippen LogP contribution in [0.2, 0.25) is 0 Å². The van der Waals surface area contributed by atoms with Gasteiger partial charge in [0.15, 0.2) is 16.3 Å². The lowest BCUT2D eigenvalue weighted by atomic mass is 10.1. The minimum Gasteiger partial charge on any atom is -0.497 e. The quantitative estimate of drug-likeness (QED) is 0.742. The summed E-state index contributed by atoms with van der Waals surface area (Å²) in [5.74, 6) is -1.08. The number of carboxylic acid groups (broad SMARTS) is 1. The average molecular weight is 370 g/mol. The number of nitrogens with zero attached hydrogens (tertiary/aromatic N) is 2. The number of imidazole rings is 1. The van der Waals surface area contributed by atoms with Crippen molar-refractivity contribution in [3.05, 3.63) is 40.5 Å². The Bertz CT molecular complexity index is 942. The van der Waals surface area contributed by atoms with Crippen LogP contribution in [0.3, 0.4) is 0 Å². The van der Waals surface area contributed by atoms with Crippen molar-refractivity contribution in [3.63, 3.8) is 0 Å². The number of carbonyl (C=O) groups is 1. The normalized spacial score (nSPS) is 11.9. The number of benzene rings is 1. The van der Waals surface area contributed by atoms with Crippen molar-refractivity contribution in [1.82, 2.24) is 9.38 Å². The van der Waals surface area contributed by atoms with Gasteiger partial charge in [-0.1, -0.05) is 6.92 Å². The molecule has 2 heterocycles. The van der Waals surface area contributed by atoms with Crippen molar-refractivity contribution >= 4 is 22.3 Å².